The number of carboxylic acid groups (broad SMARTS) is 4. The van der Waals surface area contributed by atoms with E-state index in [1.807, 2.05) is 17.0 Å². The predicted molar refractivity (Wildman–Crippen MR) is 196 cm³/mol. The maximum Gasteiger partial charge on any atom is 0.335 e. The lowest BCUT2D eigenvalue weighted by Gasteiger charge is -2.27. The zero-order chi connectivity index (χ0) is 38.8. The Bertz CT molecular complexity index is 2140. The third kappa shape index (κ3) is 10.4. The summed E-state index contributed by atoms with van der Waals surface area (Å²) in [5.41, 5.74) is 13.2. The number of nitrogens with one attached hydrogen (secondary N) is 2. The van der Waals surface area contributed by atoms with E-state index in [0.29, 0.717) is 61.2 Å². The highest BCUT2D eigenvalue weighted by Crippen LogP contribution is 2.25. The lowest BCUT2D eigenvalue weighted by Crippen LogP contribution is -2.37. The van der Waals surface area contributed by atoms with Crippen molar-refractivity contribution in [2.75, 3.05) is 53.3 Å². The predicted octanol–water partition coefficient (Wildman–Crippen LogP) is 5.25. The second kappa shape index (κ2) is 17.0. The van der Waals surface area contributed by atoms with Gasteiger partial charge in [-0.25, -0.2) is 19.2 Å². The maximum absolute atomic E-state index is 11.3. The largest absolute Gasteiger partial charge is 0.478 e. The van der Waals surface area contributed by atoms with E-state index in [1.165, 1.54) is 24.3 Å². The summed E-state index contributed by atoms with van der Waals surface area (Å²) >= 11 is 0. The van der Waals surface area contributed by atoms with Gasteiger partial charge in [-0.15, -0.1) is 0 Å². The normalized spacial score (nSPS) is 12.3. The fourth-order valence-corrected chi connectivity index (χ4v) is 4.75. The van der Waals surface area contributed by atoms with Crippen molar-refractivity contribution in [3.8, 4) is 0 Å². The Hall–Kier alpha value is -7.67. The molecule has 19 nitrogen and oxygen atoms in total. The molecule has 54 heavy (non-hydrogen) atoms. The zero-order valence-corrected chi connectivity index (χ0v) is 28.1. The van der Waals surface area contributed by atoms with Gasteiger partial charge in [0.2, 0.25) is 17.8 Å². The Morgan fingerprint density at radius 3 is 1.46 bits per heavy atom. The van der Waals surface area contributed by atoms with E-state index in [2.05, 4.69) is 35.8 Å². The Morgan fingerprint density at radius 1 is 0.574 bits per heavy atom. The molecule has 1 aliphatic heterocycles. The Labute approximate surface area is 305 Å². The molecule has 0 bridgehead atoms. The van der Waals surface area contributed by atoms with Crippen LogP contribution in [0.15, 0.2) is 95.2 Å². The van der Waals surface area contributed by atoms with Crippen molar-refractivity contribution in [1.82, 2.24) is 15.0 Å². The smallest absolute Gasteiger partial charge is 0.335 e. The number of nitrogens with zero attached hydrogens (tertiary/aromatic N) is 6. The summed E-state index contributed by atoms with van der Waals surface area (Å²) in [7, 11) is 0. The van der Waals surface area contributed by atoms with Gasteiger partial charge >= 0.3 is 23.9 Å². The lowest BCUT2D eigenvalue weighted by atomic mass is 10.1. The first-order chi connectivity index (χ1) is 25.8. The van der Waals surface area contributed by atoms with Gasteiger partial charge in [0.1, 0.15) is 0 Å². The molecule has 276 valence electrons. The van der Waals surface area contributed by atoms with Crippen LogP contribution in [0.4, 0.5) is 52.0 Å². The number of morpholine rings is 1. The molecular formula is C35H32N10O9. The number of nitrogens with two attached hydrogens (primary N) is 2. The SMILES string of the molecule is Nc1cc(C(=O)O)cc(C(=O)O)c1.Nc1ccc(Nc2nc(Nc3ccc(N=Nc4cc(C(=O)O)cc(C(=O)O)c4)cc3)nc(N3CCOCC3)n2)cc1. The molecule has 4 aromatic carbocycles. The van der Waals surface area contributed by atoms with Crippen molar-refractivity contribution < 1.29 is 44.3 Å². The molecule has 19 heteroatoms. The van der Waals surface area contributed by atoms with E-state index in [9.17, 15) is 29.4 Å². The minimum absolute atomic E-state index is 0.103. The molecule has 5 aromatic rings. The maximum atomic E-state index is 11.3. The van der Waals surface area contributed by atoms with Gasteiger partial charge in [-0.2, -0.15) is 25.2 Å². The van der Waals surface area contributed by atoms with E-state index < -0.39 is 23.9 Å². The number of azo groups is 1. The van der Waals surface area contributed by atoms with E-state index >= 15 is 0 Å². The number of anilines is 7. The van der Waals surface area contributed by atoms with E-state index in [1.54, 1.807) is 36.4 Å². The van der Waals surface area contributed by atoms with Crippen molar-refractivity contribution in [3.63, 3.8) is 0 Å². The minimum atomic E-state index is -1.26. The summed E-state index contributed by atoms with van der Waals surface area (Å²) in [6, 6.07) is 21.1. The topological polar surface area (TPSA) is 301 Å². The standard InChI is InChI=1S/C27H25N9O5.C8H7NO4/c28-18-1-3-19(4-2-18)29-25-31-26(33-27(32-25)36-9-11-41-12-10-36)30-20-5-7-21(8-6-20)34-35-22-14-16(23(37)38)13-17(15-22)24(39)40;9-6-2-4(7(10)11)1-5(3-6)8(12)13/h1-8,13-15H,9-12,28H2,(H,37,38)(H,39,40)(H2,29,30,31,32,33);1-3H,9H2,(H,10,11)(H,12,13). The first-order valence-corrected chi connectivity index (χ1v) is 15.8. The molecule has 0 radical (unpaired) electrons. The van der Waals surface area contributed by atoms with Crippen LogP contribution in [-0.2, 0) is 4.74 Å². The number of aromatic carboxylic acids is 4. The molecule has 1 aromatic heterocycles. The lowest BCUT2D eigenvalue weighted by molar-refractivity contribution is 0.0676. The fourth-order valence-electron chi connectivity index (χ4n) is 4.75. The van der Waals surface area contributed by atoms with Crippen LogP contribution < -0.4 is 27.0 Å². The minimum Gasteiger partial charge on any atom is -0.478 e. The second-order valence-corrected chi connectivity index (χ2v) is 11.3. The molecule has 1 saturated heterocycles. The molecule has 0 aliphatic carbocycles. The van der Waals surface area contributed by atoms with Gasteiger partial charge in [-0.3, -0.25) is 0 Å². The van der Waals surface area contributed by atoms with E-state index in [-0.39, 0.29) is 33.6 Å². The number of hydrogen-bond donors (Lipinski definition) is 8. The first kappa shape index (κ1) is 37.6. The highest BCUT2D eigenvalue weighted by atomic mass is 16.5. The summed E-state index contributed by atoms with van der Waals surface area (Å²) < 4.78 is 5.45. The number of nitrogen functional groups attached to an aromatic ring is 2. The molecular weight excluding hydrogens is 704 g/mol. The van der Waals surface area contributed by atoms with Gasteiger partial charge in [0.25, 0.3) is 0 Å². The molecule has 6 rings (SSSR count). The summed E-state index contributed by atoms with van der Waals surface area (Å²) in [4.78, 5) is 59.3. The molecule has 0 atom stereocenters. The molecule has 1 fully saturated rings. The number of carbonyl (C=O) groups is 4. The van der Waals surface area contributed by atoms with Crippen LogP contribution in [0.3, 0.4) is 0 Å². The van der Waals surface area contributed by atoms with Crippen molar-refractivity contribution in [2.45, 2.75) is 0 Å². The quantitative estimate of drug-likeness (QED) is 0.0633. The molecule has 2 heterocycles. The summed E-state index contributed by atoms with van der Waals surface area (Å²) in [6.45, 7) is 2.44. The Balaban J connectivity index is 0.000000365. The van der Waals surface area contributed by atoms with Gasteiger partial charge < -0.3 is 52.2 Å². The second-order valence-electron chi connectivity index (χ2n) is 11.3. The number of rotatable bonds is 11. The highest BCUT2D eigenvalue weighted by Gasteiger charge is 2.17. The summed E-state index contributed by atoms with van der Waals surface area (Å²) in [6.07, 6.45) is 0. The number of aromatic nitrogens is 3. The van der Waals surface area contributed by atoms with Gasteiger partial charge in [0, 0.05) is 35.8 Å². The Morgan fingerprint density at radius 2 is 1.00 bits per heavy atom. The molecule has 1 aliphatic rings. The monoisotopic (exact) mass is 736 g/mol. The van der Waals surface area contributed by atoms with Crippen LogP contribution in [0.2, 0.25) is 0 Å². The number of carboxylic acids is 4. The average Bonchev–Trinajstić information content (AvgIpc) is 3.15. The first-order valence-electron chi connectivity index (χ1n) is 15.8. The van der Waals surface area contributed by atoms with E-state index in [0.717, 1.165) is 17.8 Å². The number of benzene rings is 4. The van der Waals surface area contributed by atoms with Crippen LogP contribution in [0.25, 0.3) is 0 Å². The zero-order valence-electron chi connectivity index (χ0n) is 28.1. The van der Waals surface area contributed by atoms with Crippen LogP contribution >= 0.6 is 0 Å². The Kier molecular flexibility index (Phi) is 11.9. The molecule has 10 N–H and O–H groups in total. The molecule has 0 saturated carbocycles. The van der Waals surface area contributed by atoms with Crippen molar-refractivity contribution in [1.29, 1.82) is 0 Å². The van der Waals surface area contributed by atoms with Gasteiger partial charge in [-0.05, 0) is 84.9 Å². The molecule has 0 spiro atoms. The van der Waals surface area contributed by atoms with Crippen LogP contribution in [0.5, 0.6) is 0 Å². The van der Waals surface area contributed by atoms with Crippen molar-refractivity contribution >= 4 is 75.8 Å². The fraction of sp³-hybridized carbons (Fsp3) is 0.114. The van der Waals surface area contributed by atoms with Crippen LogP contribution in [0.1, 0.15) is 41.4 Å². The highest BCUT2D eigenvalue weighted by molar-refractivity contribution is 5.96. The van der Waals surface area contributed by atoms with Gasteiger partial charge in [-0.1, -0.05) is 0 Å². The average molecular weight is 737 g/mol. The van der Waals surface area contributed by atoms with Gasteiger partial charge in [0.15, 0.2) is 0 Å². The van der Waals surface area contributed by atoms with Crippen molar-refractivity contribution in [3.05, 3.63) is 107 Å². The van der Waals surface area contributed by atoms with Crippen LogP contribution in [0, 0.1) is 0 Å². The van der Waals surface area contributed by atoms with Crippen LogP contribution in [-0.4, -0.2) is 85.6 Å². The third-order valence-corrected chi connectivity index (χ3v) is 7.35. The van der Waals surface area contributed by atoms with E-state index in [4.69, 9.17) is 26.4 Å². The molecule has 0 unspecified atom stereocenters. The molecule has 0 amide bonds. The number of hydrogen-bond acceptors (Lipinski definition) is 15. The van der Waals surface area contributed by atoms with Gasteiger partial charge in [0.05, 0.1) is 46.8 Å². The third-order valence-electron chi connectivity index (χ3n) is 7.35. The number of ether oxygens (including phenoxy) is 1. The van der Waals surface area contributed by atoms with Crippen molar-refractivity contribution in [2.24, 2.45) is 10.2 Å². The summed E-state index contributed by atoms with van der Waals surface area (Å²) in [5.74, 6) is -3.75. The summed E-state index contributed by atoms with van der Waals surface area (Å²) in [5, 5.41) is 50.1.